The van der Waals surface area contributed by atoms with Crippen molar-refractivity contribution >= 4 is 35.1 Å². The Bertz CT molecular complexity index is 867. The van der Waals surface area contributed by atoms with E-state index in [9.17, 15) is 14.4 Å². The van der Waals surface area contributed by atoms with Crippen molar-refractivity contribution in [1.82, 2.24) is 5.32 Å². The highest BCUT2D eigenvalue weighted by atomic mass is 35.5. The van der Waals surface area contributed by atoms with Crippen LogP contribution >= 0.6 is 11.6 Å². The molecule has 0 aliphatic rings. The number of carbonyl (C=O) groups excluding carboxylic acids is 3. The molecule has 1 N–H and O–H groups in total. The Kier molecular flexibility index (Phi) is 6.96. The number of methoxy groups -OCH3 is 1. The van der Waals surface area contributed by atoms with Gasteiger partial charge in [0.1, 0.15) is 6.54 Å². The second kappa shape index (κ2) is 9.19. The van der Waals surface area contributed by atoms with Gasteiger partial charge in [-0.05, 0) is 30.7 Å². The summed E-state index contributed by atoms with van der Waals surface area (Å²) in [6.45, 7) is 3.43. The van der Waals surface area contributed by atoms with E-state index in [0.29, 0.717) is 6.54 Å². The largest absolute Gasteiger partial charge is 0.465 e. The fraction of sp³-hybridized carbons (Fsp3) is 0.250. The van der Waals surface area contributed by atoms with Gasteiger partial charge in [0.05, 0.1) is 23.4 Å². The van der Waals surface area contributed by atoms with E-state index in [1.807, 2.05) is 31.2 Å². The number of nitrogens with one attached hydrogen (secondary N) is 1. The quantitative estimate of drug-likeness (QED) is 0.771. The number of esters is 1. The summed E-state index contributed by atoms with van der Waals surface area (Å²) in [7, 11) is 1.26. The summed E-state index contributed by atoms with van der Waals surface area (Å²) in [5.41, 5.74) is 2.57. The van der Waals surface area contributed by atoms with Crippen molar-refractivity contribution in [2.45, 2.75) is 20.4 Å². The van der Waals surface area contributed by atoms with Gasteiger partial charge in [-0.3, -0.25) is 9.59 Å². The Labute approximate surface area is 163 Å². The van der Waals surface area contributed by atoms with E-state index in [4.69, 9.17) is 11.6 Å². The maximum absolute atomic E-state index is 12.3. The van der Waals surface area contributed by atoms with Crippen LogP contribution in [0.4, 0.5) is 5.69 Å². The van der Waals surface area contributed by atoms with Crippen LogP contribution in [0.25, 0.3) is 0 Å². The van der Waals surface area contributed by atoms with Crippen LogP contribution in [0, 0.1) is 6.92 Å². The number of amides is 2. The Morgan fingerprint density at radius 1 is 1.15 bits per heavy atom. The zero-order valence-electron chi connectivity index (χ0n) is 15.4. The smallest absolute Gasteiger partial charge is 0.337 e. The minimum Gasteiger partial charge on any atom is -0.465 e. The molecule has 2 aromatic rings. The van der Waals surface area contributed by atoms with Gasteiger partial charge in [0, 0.05) is 13.5 Å². The zero-order valence-corrected chi connectivity index (χ0v) is 16.2. The number of anilines is 1. The molecule has 0 aliphatic carbocycles. The van der Waals surface area contributed by atoms with E-state index < -0.39 is 5.97 Å². The normalized spacial score (nSPS) is 10.2. The van der Waals surface area contributed by atoms with Crippen molar-refractivity contribution in [3.05, 3.63) is 64.2 Å². The average molecular weight is 389 g/mol. The lowest BCUT2D eigenvalue weighted by Crippen LogP contribution is -2.39. The molecule has 0 fully saturated rings. The van der Waals surface area contributed by atoms with E-state index in [0.717, 1.165) is 11.1 Å². The third-order valence-electron chi connectivity index (χ3n) is 3.91. The molecule has 2 aromatic carbocycles. The minimum absolute atomic E-state index is 0.217. The maximum Gasteiger partial charge on any atom is 0.337 e. The fourth-order valence-electron chi connectivity index (χ4n) is 2.55. The van der Waals surface area contributed by atoms with Crippen molar-refractivity contribution in [2.24, 2.45) is 0 Å². The van der Waals surface area contributed by atoms with E-state index >= 15 is 0 Å². The zero-order chi connectivity index (χ0) is 20.0. The molecule has 0 unspecified atom stereocenters. The maximum atomic E-state index is 12.3. The van der Waals surface area contributed by atoms with Crippen LogP contribution in [0.2, 0.25) is 5.02 Å². The number of hydrogen-bond donors (Lipinski definition) is 1. The van der Waals surface area contributed by atoms with Crippen LogP contribution in [0.3, 0.4) is 0 Å². The van der Waals surface area contributed by atoms with Gasteiger partial charge in [0.15, 0.2) is 0 Å². The van der Waals surface area contributed by atoms with Gasteiger partial charge in [-0.15, -0.1) is 0 Å². The number of benzene rings is 2. The third kappa shape index (κ3) is 5.56. The molecule has 0 radical (unpaired) electrons. The Morgan fingerprint density at radius 3 is 2.52 bits per heavy atom. The number of hydrogen-bond acceptors (Lipinski definition) is 4. The van der Waals surface area contributed by atoms with Gasteiger partial charge >= 0.3 is 5.97 Å². The Hall–Kier alpha value is -2.86. The number of carbonyl (C=O) groups is 3. The van der Waals surface area contributed by atoms with Crippen LogP contribution in [0.1, 0.15) is 28.4 Å². The Balaban J connectivity index is 2.14. The molecule has 0 heterocycles. The van der Waals surface area contributed by atoms with Gasteiger partial charge in [-0.25, -0.2) is 4.79 Å². The molecule has 0 saturated carbocycles. The van der Waals surface area contributed by atoms with Crippen LogP contribution in [-0.2, 0) is 20.9 Å². The van der Waals surface area contributed by atoms with Gasteiger partial charge in [-0.2, -0.15) is 0 Å². The number of aryl methyl sites for hydroxylation is 1. The van der Waals surface area contributed by atoms with Gasteiger partial charge in [0.2, 0.25) is 11.8 Å². The van der Waals surface area contributed by atoms with E-state index in [2.05, 4.69) is 10.1 Å². The van der Waals surface area contributed by atoms with Crippen LogP contribution in [-0.4, -0.2) is 31.4 Å². The number of halogens is 1. The summed E-state index contributed by atoms with van der Waals surface area (Å²) < 4.78 is 4.68. The summed E-state index contributed by atoms with van der Waals surface area (Å²) in [4.78, 5) is 37.4. The lowest BCUT2D eigenvalue weighted by atomic mass is 10.1. The summed E-state index contributed by atoms with van der Waals surface area (Å²) >= 11 is 6.18. The molecule has 142 valence electrons. The lowest BCUT2D eigenvalue weighted by Gasteiger charge is -2.22. The summed E-state index contributed by atoms with van der Waals surface area (Å²) in [5.74, 6) is -1.27. The molecule has 0 saturated heterocycles. The van der Waals surface area contributed by atoms with Crippen molar-refractivity contribution in [1.29, 1.82) is 0 Å². The van der Waals surface area contributed by atoms with Crippen molar-refractivity contribution in [2.75, 3.05) is 18.6 Å². The number of rotatable bonds is 6. The molecule has 2 amide bonds. The molecule has 0 aromatic heterocycles. The monoisotopic (exact) mass is 388 g/mol. The van der Waals surface area contributed by atoms with Gasteiger partial charge in [0.25, 0.3) is 0 Å². The molecule has 0 atom stereocenters. The molecule has 27 heavy (non-hydrogen) atoms. The van der Waals surface area contributed by atoms with E-state index in [1.54, 1.807) is 0 Å². The van der Waals surface area contributed by atoms with Crippen molar-refractivity contribution in [3.8, 4) is 0 Å². The van der Waals surface area contributed by atoms with Crippen molar-refractivity contribution in [3.63, 3.8) is 0 Å². The molecule has 7 heteroatoms. The average Bonchev–Trinajstić information content (AvgIpc) is 2.64. The highest BCUT2D eigenvalue weighted by molar-refractivity contribution is 6.34. The first-order valence-electron chi connectivity index (χ1n) is 8.30. The predicted molar refractivity (Wildman–Crippen MR) is 104 cm³/mol. The fourth-order valence-corrected chi connectivity index (χ4v) is 2.77. The van der Waals surface area contributed by atoms with Crippen LogP contribution < -0.4 is 10.2 Å². The second-order valence-corrected chi connectivity index (χ2v) is 6.44. The molecule has 6 nitrogen and oxygen atoms in total. The van der Waals surface area contributed by atoms with E-state index in [1.165, 1.54) is 37.1 Å². The second-order valence-electron chi connectivity index (χ2n) is 6.03. The first-order valence-corrected chi connectivity index (χ1v) is 8.68. The predicted octanol–water partition coefficient (Wildman–Crippen LogP) is 3.10. The molecule has 0 bridgehead atoms. The van der Waals surface area contributed by atoms with Gasteiger partial charge in [-0.1, -0.05) is 41.4 Å². The highest BCUT2D eigenvalue weighted by Gasteiger charge is 2.20. The molecular weight excluding hydrogens is 368 g/mol. The first-order chi connectivity index (χ1) is 12.8. The summed E-state index contributed by atoms with van der Waals surface area (Å²) in [6.07, 6.45) is 0. The number of nitrogens with zero attached hydrogens (tertiary/aromatic N) is 1. The molecule has 0 aliphatic heterocycles. The molecule has 0 spiro atoms. The first kappa shape index (κ1) is 20.5. The Morgan fingerprint density at radius 2 is 1.89 bits per heavy atom. The van der Waals surface area contributed by atoms with E-state index in [-0.39, 0.29) is 34.6 Å². The van der Waals surface area contributed by atoms with Gasteiger partial charge < -0.3 is 15.0 Å². The minimum atomic E-state index is -0.555. The summed E-state index contributed by atoms with van der Waals surface area (Å²) in [6, 6.07) is 12.2. The SMILES string of the molecule is COC(=O)c1ccc(Cl)c(N(CC(=O)NCc2cccc(C)c2)C(C)=O)c1. The topological polar surface area (TPSA) is 75.7 Å². The molecule has 2 rings (SSSR count). The highest BCUT2D eigenvalue weighted by Crippen LogP contribution is 2.27. The standard InChI is InChI=1S/C20H21ClN2O4/c1-13-5-4-6-15(9-13)11-22-19(25)12-23(14(2)24)18-10-16(20(26)27-3)7-8-17(18)21/h4-10H,11-12H2,1-3H3,(H,22,25). The summed E-state index contributed by atoms with van der Waals surface area (Å²) in [5, 5.41) is 3.04. The molecular formula is C20H21ClN2O4. The number of ether oxygens (including phenoxy) is 1. The van der Waals surface area contributed by atoms with Crippen LogP contribution in [0.5, 0.6) is 0 Å². The van der Waals surface area contributed by atoms with Crippen LogP contribution in [0.15, 0.2) is 42.5 Å². The third-order valence-corrected chi connectivity index (χ3v) is 4.23. The van der Waals surface area contributed by atoms with Crippen molar-refractivity contribution < 1.29 is 19.1 Å². The lowest BCUT2D eigenvalue weighted by molar-refractivity contribution is -0.123.